The molecule has 6 heterocycles. The summed E-state index contributed by atoms with van der Waals surface area (Å²) in [5.41, 5.74) is 25.3. The first-order valence-corrected chi connectivity index (χ1v) is 30.2. The van der Waals surface area contributed by atoms with E-state index in [1.807, 2.05) is 52.0 Å². The number of rotatable bonds is 8. The molecule has 2 saturated heterocycles. The third-order valence-corrected chi connectivity index (χ3v) is 14.8. The van der Waals surface area contributed by atoms with Crippen LogP contribution in [0.1, 0.15) is 148 Å². The molecule has 4 atom stereocenters. The molecule has 11 N–H and O–H groups in total. The van der Waals surface area contributed by atoms with Gasteiger partial charge >= 0.3 is 39.0 Å². The summed E-state index contributed by atoms with van der Waals surface area (Å²) in [5, 5.41) is 68.2. The second kappa shape index (κ2) is 35.4. The van der Waals surface area contributed by atoms with Gasteiger partial charge in [0.25, 0.3) is 11.8 Å². The van der Waals surface area contributed by atoms with Crippen LogP contribution in [-0.4, -0.2) is 112 Å². The number of hydrogen-bond acceptors (Lipinski definition) is 20. The van der Waals surface area contributed by atoms with Gasteiger partial charge in [-0.25, -0.2) is 0 Å². The molecule has 4 aliphatic rings. The molecule has 0 bridgehead atoms. The van der Waals surface area contributed by atoms with Crippen LogP contribution in [0.3, 0.4) is 0 Å². The summed E-state index contributed by atoms with van der Waals surface area (Å²) in [7, 11) is 2.55. The molecule has 0 spiro atoms. The van der Waals surface area contributed by atoms with Gasteiger partial charge in [0.15, 0.2) is 23.2 Å². The average Bonchev–Trinajstić information content (AvgIpc) is 1.33. The molecule has 1 radical (unpaired) electrons. The van der Waals surface area contributed by atoms with Gasteiger partial charge in [-0.3, -0.25) is 28.5 Å². The summed E-state index contributed by atoms with van der Waals surface area (Å²) in [5.74, 6) is 3.36. The number of carbonyl (C=O) groups excluding carboxylic acids is 4. The minimum absolute atomic E-state index is 0.0747. The van der Waals surface area contributed by atoms with Gasteiger partial charge in [0, 0.05) is 51.4 Å². The molecule has 10 rings (SSSR count). The number of aromatic hydroxyl groups is 2. The van der Waals surface area contributed by atoms with Gasteiger partial charge in [-0.2, -0.15) is 20.7 Å². The number of hydrogen-bond donors (Lipinski definition) is 9. The molecular formula is C61H73B3Br2N11O12S. The van der Waals surface area contributed by atoms with E-state index >= 15 is 0 Å². The average molecular weight is 1380 g/mol. The van der Waals surface area contributed by atoms with E-state index in [2.05, 4.69) is 98.1 Å². The van der Waals surface area contributed by atoms with E-state index in [4.69, 9.17) is 41.2 Å². The number of para-hydroxylation sites is 1. The monoisotopic (exact) mass is 1370 g/mol. The summed E-state index contributed by atoms with van der Waals surface area (Å²) < 4.78 is 29.3. The van der Waals surface area contributed by atoms with Gasteiger partial charge in [0.2, 0.25) is 0 Å². The molecule has 4 aliphatic heterocycles. The molecule has 0 saturated carbocycles. The van der Waals surface area contributed by atoms with Crippen molar-refractivity contribution in [3.05, 3.63) is 144 Å². The van der Waals surface area contributed by atoms with Crippen LogP contribution in [0.15, 0.2) is 92.2 Å². The number of nitrogen functional groups attached to an aromatic ring is 1. The van der Waals surface area contributed by atoms with Crippen molar-refractivity contribution in [1.82, 2.24) is 19.6 Å². The molecular weight excluding hydrogens is 1300 g/mol. The Morgan fingerprint density at radius 2 is 1.16 bits per heavy atom. The van der Waals surface area contributed by atoms with Crippen LogP contribution in [0.2, 0.25) is 0 Å². The Kier molecular flexibility index (Phi) is 29.3. The van der Waals surface area contributed by atoms with E-state index in [1.165, 1.54) is 31.1 Å². The topological polar surface area (TPSA) is 372 Å². The Balaban J connectivity index is 0.000000248. The summed E-state index contributed by atoms with van der Waals surface area (Å²) in [6, 6.07) is 20.2. The molecule has 6 aromatic rings. The summed E-state index contributed by atoms with van der Waals surface area (Å²) in [4.78, 5) is 44.9. The number of aromatic nitrogens is 4. The molecule has 23 nitrogen and oxygen atoms in total. The number of benzene rings is 4. The number of ketones is 2. The van der Waals surface area contributed by atoms with E-state index in [0.717, 1.165) is 53.7 Å². The number of amides is 2. The van der Waals surface area contributed by atoms with Crippen molar-refractivity contribution in [3.8, 4) is 35.1 Å². The summed E-state index contributed by atoms with van der Waals surface area (Å²) in [6.45, 7) is 20.2. The van der Waals surface area contributed by atoms with Crippen LogP contribution in [0, 0.1) is 62.2 Å². The van der Waals surface area contributed by atoms with Crippen LogP contribution in [0.4, 0.5) is 17.3 Å². The zero-order chi connectivity index (χ0) is 67.3. The van der Waals surface area contributed by atoms with Crippen LogP contribution >= 0.6 is 44.7 Å². The molecule has 2 unspecified atom stereocenters. The molecule has 473 valence electrons. The van der Waals surface area contributed by atoms with Gasteiger partial charge in [-0.05, 0) is 156 Å². The van der Waals surface area contributed by atoms with Crippen molar-refractivity contribution in [1.29, 1.82) is 10.5 Å². The summed E-state index contributed by atoms with van der Waals surface area (Å²) in [6.07, 6.45) is 5.54. The number of Topliss-reactive ketones (excluding diaryl/α,β-unsaturated/α-hetero) is 2. The number of aryl methyl sites for hydroxylation is 4. The number of halogens is 2. The number of phenols is 2. The van der Waals surface area contributed by atoms with Crippen molar-refractivity contribution < 1.29 is 58.2 Å². The number of nitrogens with zero attached hydrogens (tertiary/aromatic N) is 7. The third-order valence-electron chi connectivity index (χ3n) is 13.8. The van der Waals surface area contributed by atoms with Crippen molar-refractivity contribution in [2.75, 3.05) is 37.5 Å². The SMILES string of the molecule is CC(=O)c1cc(Br)cc(C)c1O.CC(=O)c1cccc(C)c1O.CC1=CB(O)Oc2c(C)cc(Br)cc21.CC1=CB(O)Oc2c(C)cc(Nc3nn(C4COCC[C@@H]4C#N)cc3C(N)=O)cc21.CCC.N#C[C@H]1CCOCC1n1cc(C(N)=O)c(N)n1.[B]=NS. The van der Waals surface area contributed by atoms with Crippen molar-refractivity contribution in [2.45, 2.75) is 101 Å². The minimum atomic E-state index is -0.974. The number of fused-ring (bicyclic) bond motifs is 2. The van der Waals surface area contributed by atoms with E-state index in [9.17, 15) is 44.7 Å². The number of carbonyl (C=O) groups is 4. The fourth-order valence-corrected chi connectivity index (χ4v) is 10.5. The molecule has 0 aliphatic carbocycles. The van der Waals surface area contributed by atoms with Crippen molar-refractivity contribution >= 4 is 118 Å². The van der Waals surface area contributed by atoms with Crippen molar-refractivity contribution in [3.63, 3.8) is 0 Å². The van der Waals surface area contributed by atoms with Gasteiger partial charge in [-0.1, -0.05) is 64.3 Å². The van der Waals surface area contributed by atoms with Gasteiger partial charge in [0.1, 0.15) is 34.1 Å². The first-order valence-electron chi connectivity index (χ1n) is 28.2. The molecule has 2 aromatic heterocycles. The van der Waals surface area contributed by atoms with Crippen LogP contribution in [0.5, 0.6) is 23.0 Å². The van der Waals surface area contributed by atoms with Crippen LogP contribution in [0.25, 0.3) is 11.1 Å². The van der Waals surface area contributed by atoms with Crippen LogP contribution < -0.4 is 31.8 Å². The van der Waals surface area contributed by atoms with E-state index < -0.39 is 26.1 Å². The van der Waals surface area contributed by atoms with E-state index in [-0.39, 0.29) is 63.9 Å². The fraction of sp³-hybridized carbons (Fsp3) is 0.344. The normalized spacial score (nSPS) is 16.5. The summed E-state index contributed by atoms with van der Waals surface area (Å²) >= 11 is 9.88. The number of nitrogens with one attached hydrogen (secondary N) is 1. The number of thiol groups is 1. The Hall–Kier alpha value is -8.02. The van der Waals surface area contributed by atoms with Gasteiger partial charge in [-0.15, -0.1) is 0 Å². The quantitative estimate of drug-likeness (QED) is 0.0388. The van der Waals surface area contributed by atoms with Gasteiger partial charge in [0.05, 0.1) is 60.4 Å². The Morgan fingerprint density at radius 1 is 0.711 bits per heavy atom. The Bertz CT molecular complexity index is 3720. The molecule has 90 heavy (non-hydrogen) atoms. The van der Waals surface area contributed by atoms with E-state index in [1.54, 1.807) is 67.0 Å². The Labute approximate surface area is 547 Å². The number of phenolic OH excluding ortho intramolecular Hbond substituents is 2. The number of primary amides is 2. The molecule has 2 fully saturated rings. The second-order valence-electron chi connectivity index (χ2n) is 21.0. The number of nitriles is 2. The zero-order valence-corrected chi connectivity index (χ0v) is 55.7. The third kappa shape index (κ3) is 20.5. The van der Waals surface area contributed by atoms with Gasteiger partial charge < -0.3 is 61.6 Å². The molecule has 2 amide bonds. The number of nitrogens with two attached hydrogens (primary N) is 3. The fourth-order valence-electron chi connectivity index (χ4n) is 9.34. The standard InChI is InChI=1S/C20H22BN5O4.C10H10BBrO2.C10H13N5O2.C9H9BrO2.C9H10O2.C3H8.BHNS/c1-11-5-14(6-15-12(2)7-21(28)30-18(11)15)24-20-16(19(23)27)9-26(25-20)17-10-29-4-3-13(17)8-22;1-6-3-8(12)4-9-7(2)5-11(13)14-10(6)9;11-3-6-1-2-17-5-8(6)15-4-7(10(13)16)9(12)14-15;1-5-3-7(10)4-8(6(2)11)9(5)12;1-6-4-3-5-8(7(2)10)9(6)11;1-3-2;1-2-3/h5-7,9,13,17,28H,3-4,10H2,1-2H3,(H2,23,27)(H,24,25);3-5,13H,1-2H3;4,6,8H,1-2,5H2,(H2,12,14)(H2,13,16);3-4,12H,1-2H3;3-5,11H,1-2H3;3H2,1-2H3;3H/t13-,17?;;6-,8?;;;;/m1.1..../s1. The number of ether oxygens (including phenoxy) is 2. The van der Waals surface area contributed by atoms with E-state index in [0.29, 0.717) is 73.2 Å². The second-order valence-corrected chi connectivity index (χ2v) is 23.0. The zero-order valence-electron chi connectivity index (χ0n) is 51.6. The number of anilines is 3. The number of allylic oxidation sites excluding steroid dienone is 2. The Morgan fingerprint density at radius 3 is 1.62 bits per heavy atom. The van der Waals surface area contributed by atoms with Crippen LogP contribution in [-0.2, 0) is 9.47 Å². The molecule has 4 aromatic carbocycles. The maximum atomic E-state index is 12.0. The first kappa shape index (κ1) is 74.4. The predicted octanol–water partition coefficient (Wildman–Crippen LogP) is 10.4. The van der Waals surface area contributed by atoms with Crippen molar-refractivity contribution in [2.24, 2.45) is 27.6 Å². The maximum absolute atomic E-state index is 12.0. The molecule has 29 heteroatoms. The predicted molar refractivity (Wildman–Crippen MR) is 357 cm³/mol. The first-order chi connectivity index (χ1) is 42.5.